The quantitative estimate of drug-likeness (QED) is 0.718. The molecule has 0 fully saturated rings. The molecule has 0 amide bonds. The Morgan fingerprint density at radius 1 is 1.43 bits per heavy atom. The molecule has 0 unspecified atom stereocenters. The first-order valence-electron chi connectivity index (χ1n) is 4.33. The van der Waals surface area contributed by atoms with Crippen molar-refractivity contribution in [1.29, 1.82) is 0 Å². The highest BCUT2D eigenvalue weighted by atomic mass is 32.1. The molecule has 0 aliphatic rings. The standard InChI is InChI=1S/C11H9NOS/c13-6-2-1-3-9-4-5-11-10(7-9)12-8-14-11/h1,3-8H,2H2. The first-order valence-corrected chi connectivity index (χ1v) is 5.21. The normalized spacial score (nSPS) is 11.1. The van der Waals surface area contributed by atoms with Crippen LogP contribution in [0.5, 0.6) is 0 Å². The number of hydrogen-bond donors (Lipinski definition) is 0. The number of allylic oxidation sites excluding steroid dienone is 1. The molecular weight excluding hydrogens is 194 g/mol. The maximum absolute atomic E-state index is 10.1. The highest BCUT2D eigenvalue weighted by molar-refractivity contribution is 7.16. The Morgan fingerprint density at radius 2 is 2.36 bits per heavy atom. The molecule has 0 radical (unpaired) electrons. The first kappa shape index (κ1) is 9.09. The molecule has 0 spiro atoms. The van der Waals surface area contributed by atoms with E-state index >= 15 is 0 Å². The molecule has 3 heteroatoms. The van der Waals surface area contributed by atoms with Gasteiger partial charge in [0.1, 0.15) is 6.29 Å². The minimum absolute atomic E-state index is 0.467. The summed E-state index contributed by atoms with van der Waals surface area (Å²) >= 11 is 1.63. The molecular formula is C11H9NOS. The molecule has 0 saturated heterocycles. The van der Waals surface area contributed by atoms with Crippen LogP contribution in [0.15, 0.2) is 29.8 Å². The second-order valence-electron chi connectivity index (χ2n) is 2.88. The molecule has 0 saturated carbocycles. The number of benzene rings is 1. The Hall–Kier alpha value is -1.48. The Morgan fingerprint density at radius 3 is 3.21 bits per heavy atom. The SMILES string of the molecule is O=CCC=Cc1ccc2scnc2c1. The van der Waals surface area contributed by atoms with Gasteiger partial charge in [-0.1, -0.05) is 18.2 Å². The smallest absolute Gasteiger partial charge is 0.123 e. The van der Waals surface area contributed by atoms with Gasteiger partial charge in [0.25, 0.3) is 0 Å². The van der Waals surface area contributed by atoms with Crippen molar-refractivity contribution in [3.05, 3.63) is 35.3 Å². The van der Waals surface area contributed by atoms with Gasteiger partial charge >= 0.3 is 0 Å². The van der Waals surface area contributed by atoms with Crippen molar-refractivity contribution >= 4 is 33.9 Å². The Labute approximate surface area is 85.9 Å². The van der Waals surface area contributed by atoms with Gasteiger partial charge in [-0.05, 0) is 17.7 Å². The maximum Gasteiger partial charge on any atom is 0.123 e. The number of fused-ring (bicyclic) bond motifs is 1. The van der Waals surface area contributed by atoms with Crippen LogP contribution in [-0.2, 0) is 4.79 Å². The Bertz CT molecular complexity index is 473. The molecule has 0 atom stereocenters. The summed E-state index contributed by atoms with van der Waals surface area (Å²) in [5.41, 5.74) is 3.94. The Kier molecular flexibility index (Phi) is 2.70. The van der Waals surface area contributed by atoms with Gasteiger partial charge in [-0.15, -0.1) is 11.3 Å². The van der Waals surface area contributed by atoms with Gasteiger partial charge in [0.15, 0.2) is 0 Å². The lowest BCUT2D eigenvalue weighted by Gasteiger charge is -1.92. The monoisotopic (exact) mass is 203 g/mol. The molecule has 1 aromatic carbocycles. The average molecular weight is 203 g/mol. The van der Waals surface area contributed by atoms with Crippen LogP contribution in [0.25, 0.3) is 16.3 Å². The van der Waals surface area contributed by atoms with Crippen molar-refractivity contribution in [2.45, 2.75) is 6.42 Å². The van der Waals surface area contributed by atoms with Gasteiger partial charge in [0.05, 0.1) is 15.7 Å². The lowest BCUT2D eigenvalue weighted by atomic mass is 10.2. The summed E-state index contributed by atoms with van der Waals surface area (Å²) in [6.07, 6.45) is 5.14. The van der Waals surface area contributed by atoms with Crippen molar-refractivity contribution in [3.8, 4) is 0 Å². The predicted molar refractivity (Wildman–Crippen MR) is 59.3 cm³/mol. The summed E-state index contributed by atoms with van der Waals surface area (Å²) in [7, 11) is 0. The van der Waals surface area contributed by atoms with Crippen LogP contribution < -0.4 is 0 Å². The van der Waals surface area contributed by atoms with Crippen LogP contribution in [-0.4, -0.2) is 11.3 Å². The van der Waals surface area contributed by atoms with Crippen LogP contribution in [0.3, 0.4) is 0 Å². The van der Waals surface area contributed by atoms with Crippen LogP contribution in [0.1, 0.15) is 12.0 Å². The van der Waals surface area contributed by atoms with Crippen LogP contribution in [0.4, 0.5) is 0 Å². The zero-order valence-electron chi connectivity index (χ0n) is 7.51. The fourth-order valence-electron chi connectivity index (χ4n) is 1.24. The molecule has 0 N–H and O–H groups in total. The molecule has 14 heavy (non-hydrogen) atoms. The fraction of sp³-hybridized carbons (Fsp3) is 0.0909. The second kappa shape index (κ2) is 4.15. The minimum atomic E-state index is 0.467. The number of thiazole rings is 1. The largest absolute Gasteiger partial charge is 0.303 e. The third-order valence-corrected chi connectivity index (χ3v) is 2.71. The summed E-state index contributed by atoms with van der Waals surface area (Å²) in [6.45, 7) is 0. The Balaban J connectivity index is 2.29. The van der Waals surface area contributed by atoms with E-state index in [9.17, 15) is 4.79 Å². The van der Waals surface area contributed by atoms with Gasteiger partial charge < -0.3 is 4.79 Å². The highest BCUT2D eigenvalue weighted by Crippen LogP contribution is 2.19. The van der Waals surface area contributed by atoms with E-state index in [4.69, 9.17) is 0 Å². The topological polar surface area (TPSA) is 30.0 Å². The summed E-state index contributed by atoms with van der Waals surface area (Å²) in [5, 5.41) is 0. The van der Waals surface area contributed by atoms with Gasteiger partial charge in [0, 0.05) is 6.42 Å². The molecule has 2 rings (SSSR count). The fourth-order valence-corrected chi connectivity index (χ4v) is 1.90. The number of aromatic nitrogens is 1. The molecule has 1 heterocycles. The van der Waals surface area contributed by atoms with E-state index < -0.39 is 0 Å². The summed E-state index contributed by atoms with van der Waals surface area (Å²) in [6, 6.07) is 6.10. The zero-order chi connectivity index (χ0) is 9.80. The number of aldehydes is 1. The summed E-state index contributed by atoms with van der Waals surface area (Å²) in [5.74, 6) is 0. The molecule has 0 aliphatic carbocycles. The van der Waals surface area contributed by atoms with E-state index in [1.807, 2.05) is 35.9 Å². The minimum Gasteiger partial charge on any atom is -0.303 e. The van der Waals surface area contributed by atoms with Crippen molar-refractivity contribution in [1.82, 2.24) is 4.98 Å². The van der Waals surface area contributed by atoms with Gasteiger partial charge in [-0.2, -0.15) is 0 Å². The molecule has 2 nitrogen and oxygen atoms in total. The number of rotatable bonds is 3. The number of nitrogens with zero attached hydrogens (tertiary/aromatic N) is 1. The van der Waals surface area contributed by atoms with E-state index in [0.29, 0.717) is 6.42 Å². The second-order valence-corrected chi connectivity index (χ2v) is 3.77. The van der Waals surface area contributed by atoms with Crippen LogP contribution >= 0.6 is 11.3 Å². The molecule has 70 valence electrons. The number of carbonyl (C=O) groups is 1. The summed E-state index contributed by atoms with van der Waals surface area (Å²) < 4.78 is 1.19. The van der Waals surface area contributed by atoms with Gasteiger partial charge in [0.2, 0.25) is 0 Å². The summed E-state index contributed by atoms with van der Waals surface area (Å²) in [4.78, 5) is 14.3. The number of carbonyl (C=O) groups excluding carboxylic acids is 1. The van der Waals surface area contributed by atoms with E-state index in [0.717, 1.165) is 17.4 Å². The first-order chi connectivity index (χ1) is 6.90. The van der Waals surface area contributed by atoms with Gasteiger partial charge in [-0.3, -0.25) is 0 Å². The van der Waals surface area contributed by atoms with Crippen LogP contribution in [0, 0.1) is 0 Å². The third kappa shape index (κ3) is 1.88. The highest BCUT2D eigenvalue weighted by Gasteiger charge is 1.95. The molecule has 0 bridgehead atoms. The van der Waals surface area contributed by atoms with E-state index in [2.05, 4.69) is 4.98 Å². The zero-order valence-corrected chi connectivity index (χ0v) is 8.33. The molecule has 2 aromatic rings. The van der Waals surface area contributed by atoms with Crippen LogP contribution in [0.2, 0.25) is 0 Å². The molecule has 1 aromatic heterocycles. The lowest BCUT2D eigenvalue weighted by molar-refractivity contribution is -0.107. The van der Waals surface area contributed by atoms with E-state index in [1.54, 1.807) is 11.3 Å². The third-order valence-electron chi connectivity index (χ3n) is 1.90. The van der Waals surface area contributed by atoms with Crippen molar-refractivity contribution in [2.75, 3.05) is 0 Å². The van der Waals surface area contributed by atoms with Crippen molar-refractivity contribution in [3.63, 3.8) is 0 Å². The maximum atomic E-state index is 10.1. The van der Waals surface area contributed by atoms with E-state index in [1.165, 1.54) is 4.70 Å². The van der Waals surface area contributed by atoms with E-state index in [-0.39, 0.29) is 0 Å². The predicted octanol–water partition coefficient (Wildman–Crippen LogP) is 2.90. The average Bonchev–Trinajstić information content (AvgIpc) is 2.65. The number of hydrogen-bond acceptors (Lipinski definition) is 3. The van der Waals surface area contributed by atoms with Crippen molar-refractivity contribution < 1.29 is 4.79 Å². The van der Waals surface area contributed by atoms with Gasteiger partial charge in [-0.25, -0.2) is 4.98 Å². The van der Waals surface area contributed by atoms with Crippen molar-refractivity contribution in [2.24, 2.45) is 0 Å². The lowest BCUT2D eigenvalue weighted by Crippen LogP contribution is -1.73. The molecule has 0 aliphatic heterocycles.